The molecule has 0 bridgehead atoms. The Morgan fingerprint density at radius 1 is 1.19 bits per heavy atom. The fraction of sp³-hybridized carbons (Fsp3) is 0.500. The summed E-state index contributed by atoms with van der Waals surface area (Å²) in [6, 6.07) is 10.5. The van der Waals surface area contributed by atoms with Crippen LogP contribution in [0.5, 0.6) is 0 Å². The minimum Gasteiger partial charge on any atom is -0.379 e. The fourth-order valence-corrected chi connectivity index (χ4v) is 4.30. The number of aromatic nitrogens is 2. The van der Waals surface area contributed by atoms with Crippen molar-refractivity contribution in [3.63, 3.8) is 0 Å². The second-order valence-electron chi connectivity index (χ2n) is 7.22. The Hall–Kier alpha value is -1.96. The molecule has 0 aliphatic carbocycles. The van der Waals surface area contributed by atoms with Crippen LogP contribution in [0.1, 0.15) is 35.6 Å². The molecule has 4 heterocycles. The summed E-state index contributed by atoms with van der Waals surface area (Å²) >= 11 is 5.71. The molecule has 2 aromatic rings. The molecule has 2 N–H and O–H groups in total. The number of thiocarbonyl (C=S) groups is 1. The van der Waals surface area contributed by atoms with Gasteiger partial charge in [0.25, 0.3) is 0 Å². The molecule has 144 valence electrons. The van der Waals surface area contributed by atoms with Gasteiger partial charge in [-0.2, -0.15) is 0 Å². The van der Waals surface area contributed by atoms with Gasteiger partial charge in [0.2, 0.25) is 0 Å². The van der Waals surface area contributed by atoms with Gasteiger partial charge in [0.05, 0.1) is 31.0 Å². The number of H-pyrrole nitrogens is 1. The van der Waals surface area contributed by atoms with Crippen LogP contribution in [0, 0.1) is 6.92 Å². The number of nitrogens with zero attached hydrogens (tertiary/aromatic N) is 3. The molecule has 2 aliphatic heterocycles. The first-order valence-electron chi connectivity index (χ1n) is 9.66. The van der Waals surface area contributed by atoms with Crippen molar-refractivity contribution in [2.75, 3.05) is 39.4 Å². The number of hydrogen-bond acceptors (Lipinski definition) is 4. The maximum absolute atomic E-state index is 5.71. The van der Waals surface area contributed by atoms with Gasteiger partial charge in [0, 0.05) is 43.8 Å². The summed E-state index contributed by atoms with van der Waals surface area (Å²) in [5, 5.41) is 4.32. The second kappa shape index (κ2) is 8.37. The van der Waals surface area contributed by atoms with Gasteiger partial charge in [0.1, 0.15) is 0 Å². The van der Waals surface area contributed by atoms with Crippen LogP contribution in [0.25, 0.3) is 0 Å². The third-order valence-corrected chi connectivity index (χ3v) is 5.70. The van der Waals surface area contributed by atoms with Gasteiger partial charge in [-0.15, -0.1) is 0 Å². The first kappa shape index (κ1) is 18.4. The van der Waals surface area contributed by atoms with E-state index in [4.69, 9.17) is 17.0 Å². The normalized spacial score (nSPS) is 23.6. The van der Waals surface area contributed by atoms with Crippen LogP contribution in [0.2, 0.25) is 0 Å². The second-order valence-corrected chi connectivity index (χ2v) is 7.61. The van der Waals surface area contributed by atoms with E-state index in [0.29, 0.717) is 0 Å². The highest BCUT2D eigenvalue weighted by Gasteiger charge is 2.40. The van der Waals surface area contributed by atoms with Crippen LogP contribution in [0.3, 0.4) is 0 Å². The smallest absolute Gasteiger partial charge is 0.170 e. The molecule has 27 heavy (non-hydrogen) atoms. The third kappa shape index (κ3) is 4.15. The van der Waals surface area contributed by atoms with Crippen LogP contribution < -0.4 is 5.32 Å². The highest BCUT2D eigenvalue weighted by atomic mass is 32.1. The summed E-state index contributed by atoms with van der Waals surface area (Å²) in [5.74, 6) is 0. The third-order valence-electron chi connectivity index (χ3n) is 5.35. The number of ether oxygens (including phenoxy) is 1. The summed E-state index contributed by atoms with van der Waals surface area (Å²) in [4.78, 5) is 12.9. The van der Waals surface area contributed by atoms with Crippen molar-refractivity contribution in [2.24, 2.45) is 0 Å². The molecule has 2 aromatic heterocycles. The Bertz CT molecular complexity index is 759. The number of morpholine rings is 1. The number of nitrogens with one attached hydrogen (secondary N) is 2. The molecule has 2 atom stereocenters. The first-order valence-corrected chi connectivity index (χ1v) is 10.1. The van der Waals surface area contributed by atoms with Crippen LogP contribution in [0.4, 0.5) is 0 Å². The van der Waals surface area contributed by atoms with Crippen LogP contribution in [-0.2, 0) is 4.74 Å². The fourth-order valence-electron chi connectivity index (χ4n) is 3.97. The molecule has 2 aliphatic rings. The van der Waals surface area contributed by atoms with Gasteiger partial charge < -0.3 is 19.9 Å². The number of aryl methyl sites for hydroxylation is 1. The van der Waals surface area contributed by atoms with E-state index in [1.807, 2.05) is 18.3 Å². The minimum absolute atomic E-state index is 0.0557. The monoisotopic (exact) mass is 385 g/mol. The molecule has 0 aromatic carbocycles. The Labute approximate surface area is 165 Å². The molecule has 0 saturated carbocycles. The molecule has 0 unspecified atom stereocenters. The lowest BCUT2D eigenvalue weighted by Gasteiger charge is -2.30. The molecular formula is C20H27N5OS. The Balaban J connectivity index is 1.50. The van der Waals surface area contributed by atoms with E-state index in [-0.39, 0.29) is 12.1 Å². The average molecular weight is 386 g/mol. The summed E-state index contributed by atoms with van der Waals surface area (Å²) in [5.41, 5.74) is 3.37. The maximum Gasteiger partial charge on any atom is 0.170 e. The van der Waals surface area contributed by atoms with Crippen molar-refractivity contribution in [1.29, 1.82) is 0 Å². The minimum atomic E-state index is 0.0557. The van der Waals surface area contributed by atoms with Gasteiger partial charge in [-0.25, -0.2) is 0 Å². The standard InChI is InChI=1S/C20H27N5OS/c1-15-6-7-17(22-15)19-18(16-5-2-3-8-21-16)23-20(27)25(19)10-4-9-24-11-13-26-14-12-24/h2-3,5-8,18-19,22H,4,9-14H2,1H3,(H,23,27)/t18-,19-/m1/s1. The van der Waals surface area contributed by atoms with Crippen LogP contribution in [-0.4, -0.2) is 64.3 Å². The van der Waals surface area contributed by atoms with Gasteiger partial charge in [0.15, 0.2) is 5.11 Å². The zero-order chi connectivity index (χ0) is 18.6. The van der Waals surface area contributed by atoms with Gasteiger partial charge in [-0.1, -0.05) is 6.07 Å². The highest BCUT2D eigenvalue weighted by Crippen LogP contribution is 2.38. The molecular weight excluding hydrogens is 358 g/mol. The van der Waals surface area contributed by atoms with Crippen molar-refractivity contribution in [1.82, 2.24) is 25.1 Å². The highest BCUT2D eigenvalue weighted by molar-refractivity contribution is 7.80. The summed E-state index contributed by atoms with van der Waals surface area (Å²) in [6.45, 7) is 7.83. The zero-order valence-electron chi connectivity index (χ0n) is 15.7. The summed E-state index contributed by atoms with van der Waals surface area (Å²) in [6.07, 6.45) is 2.92. The van der Waals surface area contributed by atoms with Crippen molar-refractivity contribution in [2.45, 2.75) is 25.4 Å². The molecule has 4 rings (SSSR count). The predicted molar refractivity (Wildman–Crippen MR) is 110 cm³/mol. The lowest BCUT2D eigenvalue weighted by molar-refractivity contribution is 0.0365. The summed E-state index contributed by atoms with van der Waals surface area (Å²) in [7, 11) is 0. The van der Waals surface area contributed by atoms with Crippen molar-refractivity contribution >= 4 is 17.3 Å². The van der Waals surface area contributed by atoms with Gasteiger partial charge in [-0.3, -0.25) is 9.88 Å². The lowest BCUT2D eigenvalue weighted by Crippen LogP contribution is -2.39. The average Bonchev–Trinajstić information content (AvgIpc) is 3.27. The molecule has 2 fully saturated rings. The topological polar surface area (TPSA) is 56.4 Å². The van der Waals surface area contributed by atoms with Gasteiger partial charge in [-0.05, 0) is 49.8 Å². The molecule has 2 saturated heterocycles. The number of rotatable bonds is 6. The predicted octanol–water partition coefficient (Wildman–Crippen LogP) is 2.41. The molecule has 0 spiro atoms. The summed E-state index contributed by atoms with van der Waals surface area (Å²) < 4.78 is 5.44. The van der Waals surface area contributed by atoms with E-state index in [2.05, 4.69) is 50.2 Å². The zero-order valence-corrected chi connectivity index (χ0v) is 16.5. The number of pyridine rings is 1. The van der Waals surface area contributed by atoms with E-state index < -0.39 is 0 Å². The van der Waals surface area contributed by atoms with Crippen molar-refractivity contribution < 1.29 is 4.74 Å². The van der Waals surface area contributed by atoms with E-state index in [0.717, 1.165) is 62.3 Å². The number of hydrogen-bond donors (Lipinski definition) is 2. The Morgan fingerprint density at radius 3 is 2.74 bits per heavy atom. The van der Waals surface area contributed by atoms with Gasteiger partial charge >= 0.3 is 0 Å². The van der Waals surface area contributed by atoms with Crippen molar-refractivity contribution in [3.8, 4) is 0 Å². The molecule has 6 nitrogen and oxygen atoms in total. The quantitative estimate of drug-likeness (QED) is 0.745. The maximum atomic E-state index is 5.71. The molecule has 0 radical (unpaired) electrons. The lowest BCUT2D eigenvalue weighted by atomic mass is 10.0. The Morgan fingerprint density at radius 2 is 2.04 bits per heavy atom. The number of aromatic amines is 1. The first-order chi connectivity index (χ1) is 13.2. The molecule has 0 amide bonds. The van der Waals surface area contributed by atoms with Crippen LogP contribution >= 0.6 is 12.2 Å². The van der Waals surface area contributed by atoms with E-state index in [1.165, 1.54) is 5.69 Å². The van der Waals surface area contributed by atoms with E-state index in [1.54, 1.807) is 0 Å². The largest absolute Gasteiger partial charge is 0.379 e. The van der Waals surface area contributed by atoms with E-state index >= 15 is 0 Å². The van der Waals surface area contributed by atoms with E-state index in [9.17, 15) is 0 Å². The Kier molecular flexibility index (Phi) is 5.71. The van der Waals surface area contributed by atoms with Crippen LogP contribution in [0.15, 0.2) is 36.5 Å². The van der Waals surface area contributed by atoms with Crippen molar-refractivity contribution in [3.05, 3.63) is 53.6 Å². The molecule has 7 heteroatoms. The SMILES string of the molecule is Cc1ccc([C@@H]2[C@@H](c3ccccn3)NC(=S)N2CCCN2CCOCC2)[nH]1.